The second-order valence-electron chi connectivity index (χ2n) is 6.82. The van der Waals surface area contributed by atoms with E-state index in [-0.39, 0.29) is 0 Å². The highest BCUT2D eigenvalue weighted by atomic mass is 15.2. The van der Waals surface area contributed by atoms with E-state index in [1.54, 1.807) is 0 Å². The molecule has 1 aliphatic carbocycles. The van der Waals surface area contributed by atoms with E-state index in [1.807, 2.05) is 0 Å². The zero-order valence-electron chi connectivity index (χ0n) is 12.9. The summed E-state index contributed by atoms with van der Waals surface area (Å²) in [6.07, 6.45) is 6.68. The molecule has 110 valence electrons. The average molecular weight is 272 g/mol. The molecule has 1 saturated heterocycles. The molecule has 1 aromatic carbocycles. The molecule has 2 fully saturated rings. The molecule has 1 N–H and O–H groups in total. The van der Waals surface area contributed by atoms with Gasteiger partial charge in [-0.25, -0.2) is 0 Å². The van der Waals surface area contributed by atoms with Crippen molar-refractivity contribution < 1.29 is 0 Å². The Morgan fingerprint density at radius 3 is 2.50 bits per heavy atom. The van der Waals surface area contributed by atoms with E-state index in [1.165, 1.54) is 56.6 Å². The number of hydrogen-bond donors (Lipinski definition) is 1. The monoisotopic (exact) mass is 272 g/mol. The summed E-state index contributed by atoms with van der Waals surface area (Å²) in [6.45, 7) is 7.25. The highest BCUT2D eigenvalue weighted by molar-refractivity contribution is 5.70. The third-order valence-corrected chi connectivity index (χ3v) is 5.31. The van der Waals surface area contributed by atoms with Crippen LogP contribution in [-0.4, -0.2) is 19.1 Å². The van der Waals surface area contributed by atoms with Gasteiger partial charge in [-0.15, -0.1) is 0 Å². The first kappa shape index (κ1) is 13.8. The lowest BCUT2D eigenvalue weighted by Crippen LogP contribution is -2.31. The van der Waals surface area contributed by atoms with E-state index < -0.39 is 0 Å². The molecule has 2 heteroatoms. The van der Waals surface area contributed by atoms with Gasteiger partial charge in [0.1, 0.15) is 0 Å². The molecule has 0 radical (unpaired) electrons. The van der Waals surface area contributed by atoms with Crippen LogP contribution >= 0.6 is 0 Å². The van der Waals surface area contributed by atoms with Crippen molar-refractivity contribution in [2.75, 3.05) is 23.3 Å². The Hall–Kier alpha value is -1.18. The van der Waals surface area contributed by atoms with Crippen molar-refractivity contribution >= 4 is 11.4 Å². The Labute approximate surface area is 123 Å². The van der Waals surface area contributed by atoms with Crippen molar-refractivity contribution in [3.8, 4) is 0 Å². The molecule has 1 aromatic rings. The summed E-state index contributed by atoms with van der Waals surface area (Å²) in [6, 6.07) is 9.53. The van der Waals surface area contributed by atoms with Crippen LogP contribution < -0.4 is 10.2 Å². The van der Waals surface area contributed by atoms with Crippen molar-refractivity contribution in [1.29, 1.82) is 0 Å². The van der Waals surface area contributed by atoms with Gasteiger partial charge in [0.05, 0.1) is 11.4 Å². The molecule has 2 aliphatic rings. The lowest BCUT2D eigenvalue weighted by molar-refractivity contribution is 0.261. The molecular weight excluding hydrogens is 244 g/mol. The van der Waals surface area contributed by atoms with Gasteiger partial charge in [-0.1, -0.05) is 26.0 Å². The Morgan fingerprint density at radius 1 is 1.00 bits per heavy atom. The van der Waals surface area contributed by atoms with Crippen LogP contribution in [0.1, 0.15) is 46.0 Å². The zero-order valence-corrected chi connectivity index (χ0v) is 12.9. The van der Waals surface area contributed by atoms with Crippen LogP contribution in [0.5, 0.6) is 0 Å². The molecule has 0 aromatic heterocycles. The highest BCUT2D eigenvalue weighted by Crippen LogP contribution is 2.34. The van der Waals surface area contributed by atoms with Gasteiger partial charge in [0.15, 0.2) is 0 Å². The van der Waals surface area contributed by atoms with Crippen molar-refractivity contribution in [3.05, 3.63) is 24.3 Å². The first-order valence-electron chi connectivity index (χ1n) is 8.34. The topological polar surface area (TPSA) is 15.3 Å². The van der Waals surface area contributed by atoms with Gasteiger partial charge in [-0.3, -0.25) is 0 Å². The predicted molar refractivity (Wildman–Crippen MR) is 87.5 cm³/mol. The third kappa shape index (κ3) is 2.94. The lowest BCUT2D eigenvalue weighted by atomic mass is 9.79. The standard InChI is InChI=1S/C18H28N2/c1-14-9-10-16(13-15(14)2)19-17-7-3-4-8-18(17)20-11-5-6-12-20/h3-4,7-8,14-16,19H,5-6,9-13H2,1-2H3. The van der Waals surface area contributed by atoms with Gasteiger partial charge in [-0.05, 0) is 56.1 Å². The zero-order chi connectivity index (χ0) is 13.9. The van der Waals surface area contributed by atoms with E-state index in [4.69, 9.17) is 0 Å². The number of hydrogen-bond acceptors (Lipinski definition) is 2. The van der Waals surface area contributed by atoms with Gasteiger partial charge in [0.25, 0.3) is 0 Å². The number of rotatable bonds is 3. The van der Waals surface area contributed by atoms with E-state index >= 15 is 0 Å². The molecule has 1 heterocycles. The number of nitrogens with zero attached hydrogens (tertiary/aromatic N) is 1. The van der Waals surface area contributed by atoms with Crippen LogP contribution in [0.15, 0.2) is 24.3 Å². The van der Waals surface area contributed by atoms with Crippen LogP contribution in [0, 0.1) is 11.8 Å². The summed E-state index contributed by atoms with van der Waals surface area (Å²) >= 11 is 0. The molecule has 3 unspecified atom stereocenters. The van der Waals surface area contributed by atoms with Gasteiger partial charge in [0.2, 0.25) is 0 Å². The summed E-state index contributed by atoms with van der Waals surface area (Å²) in [5, 5.41) is 3.84. The first-order chi connectivity index (χ1) is 9.74. The van der Waals surface area contributed by atoms with Gasteiger partial charge < -0.3 is 10.2 Å². The highest BCUT2D eigenvalue weighted by Gasteiger charge is 2.25. The molecule has 1 aliphatic heterocycles. The quantitative estimate of drug-likeness (QED) is 0.870. The normalized spacial score (nSPS) is 30.5. The molecule has 2 nitrogen and oxygen atoms in total. The fraction of sp³-hybridized carbons (Fsp3) is 0.667. The van der Waals surface area contributed by atoms with Crippen molar-refractivity contribution in [1.82, 2.24) is 0 Å². The van der Waals surface area contributed by atoms with E-state index in [2.05, 4.69) is 48.3 Å². The Kier molecular flexibility index (Phi) is 4.18. The smallest absolute Gasteiger partial charge is 0.0602 e. The molecule has 0 bridgehead atoms. The summed E-state index contributed by atoms with van der Waals surface area (Å²) in [5.74, 6) is 1.74. The number of para-hydroxylation sites is 2. The molecule has 3 atom stereocenters. The van der Waals surface area contributed by atoms with Crippen LogP contribution in [0.3, 0.4) is 0 Å². The van der Waals surface area contributed by atoms with Gasteiger partial charge in [0, 0.05) is 19.1 Å². The maximum absolute atomic E-state index is 3.84. The largest absolute Gasteiger partial charge is 0.381 e. The fourth-order valence-corrected chi connectivity index (χ4v) is 3.73. The van der Waals surface area contributed by atoms with Crippen molar-refractivity contribution in [3.63, 3.8) is 0 Å². The van der Waals surface area contributed by atoms with E-state index in [0.717, 1.165) is 11.8 Å². The SMILES string of the molecule is CC1CCC(Nc2ccccc2N2CCCC2)CC1C. The van der Waals surface area contributed by atoms with Gasteiger partial charge >= 0.3 is 0 Å². The van der Waals surface area contributed by atoms with Crippen LogP contribution in [0.4, 0.5) is 11.4 Å². The second kappa shape index (κ2) is 6.07. The molecule has 0 spiro atoms. The van der Waals surface area contributed by atoms with Gasteiger partial charge in [-0.2, -0.15) is 0 Å². The van der Waals surface area contributed by atoms with Crippen molar-refractivity contribution in [2.24, 2.45) is 11.8 Å². The number of anilines is 2. The van der Waals surface area contributed by atoms with Crippen LogP contribution in [0.25, 0.3) is 0 Å². The summed E-state index contributed by atoms with van der Waals surface area (Å²) in [7, 11) is 0. The Bertz CT molecular complexity index is 437. The lowest BCUT2D eigenvalue weighted by Gasteiger charge is -2.34. The van der Waals surface area contributed by atoms with Crippen molar-refractivity contribution in [2.45, 2.75) is 52.0 Å². The summed E-state index contributed by atoms with van der Waals surface area (Å²) < 4.78 is 0. The van der Waals surface area contributed by atoms with E-state index in [9.17, 15) is 0 Å². The molecule has 20 heavy (non-hydrogen) atoms. The minimum Gasteiger partial charge on any atom is -0.381 e. The Balaban J connectivity index is 1.71. The van der Waals surface area contributed by atoms with Crippen LogP contribution in [0.2, 0.25) is 0 Å². The maximum Gasteiger partial charge on any atom is 0.0602 e. The third-order valence-electron chi connectivity index (χ3n) is 5.31. The fourth-order valence-electron chi connectivity index (χ4n) is 3.73. The summed E-state index contributed by atoms with van der Waals surface area (Å²) in [5.41, 5.74) is 2.76. The average Bonchev–Trinajstić information content (AvgIpc) is 2.97. The van der Waals surface area contributed by atoms with E-state index in [0.29, 0.717) is 6.04 Å². The second-order valence-corrected chi connectivity index (χ2v) is 6.82. The first-order valence-corrected chi connectivity index (χ1v) is 8.34. The maximum atomic E-state index is 3.84. The minimum atomic E-state index is 0.657. The molecule has 1 saturated carbocycles. The predicted octanol–water partition coefficient (Wildman–Crippen LogP) is 4.52. The molecule has 3 rings (SSSR count). The summed E-state index contributed by atoms with van der Waals surface area (Å²) in [4.78, 5) is 2.54. The Morgan fingerprint density at radius 2 is 1.75 bits per heavy atom. The number of nitrogens with one attached hydrogen (secondary N) is 1. The molecule has 0 amide bonds. The number of benzene rings is 1. The molecular formula is C18H28N2. The minimum absolute atomic E-state index is 0.657. The van der Waals surface area contributed by atoms with Crippen LogP contribution in [-0.2, 0) is 0 Å².